The molecule has 0 unspecified atom stereocenters. The number of carbonyl (C=O) groups is 1. The van der Waals surface area contributed by atoms with E-state index in [1.54, 1.807) is 0 Å². The van der Waals surface area contributed by atoms with E-state index >= 15 is 0 Å². The minimum absolute atomic E-state index is 0.0377. The van der Waals surface area contributed by atoms with Crippen LogP contribution < -0.4 is 5.32 Å². The first-order valence-electron chi connectivity index (χ1n) is 10.4. The van der Waals surface area contributed by atoms with Crippen LogP contribution in [0.25, 0.3) is 0 Å². The van der Waals surface area contributed by atoms with E-state index in [4.69, 9.17) is 5.10 Å². The number of carbonyl (C=O) groups excluding carboxylic acids is 1. The first-order valence-corrected chi connectivity index (χ1v) is 10.4. The van der Waals surface area contributed by atoms with Gasteiger partial charge in [-0.1, -0.05) is 27.2 Å². The minimum Gasteiger partial charge on any atom is -0.349 e. The summed E-state index contributed by atoms with van der Waals surface area (Å²) >= 11 is 0. The van der Waals surface area contributed by atoms with Crippen molar-refractivity contribution >= 4 is 5.91 Å². The predicted molar refractivity (Wildman–Crippen MR) is 104 cm³/mol. The number of rotatable bonds is 6. The maximum absolute atomic E-state index is 12.6. The second kappa shape index (κ2) is 9.00. The molecular formula is C20H35N5O. The van der Waals surface area contributed by atoms with Crippen LogP contribution in [0.3, 0.4) is 0 Å². The average molecular weight is 362 g/mol. The lowest BCUT2D eigenvalue weighted by Gasteiger charge is -2.33. The van der Waals surface area contributed by atoms with Crippen molar-refractivity contribution in [3.8, 4) is 0 Å². The molecule has 0 radical (unpaired) electrons. The summed E-state index contributed by atoms with van der Waals surface area (Å²) in [4.78, 5) is 17.4. The highest BCUT2D eigenvalue weighted by Gasteiger charge is 2.27. The second-order valence-corrected chi connectivity index (χ2v) is 8.19. The molecule has 0 bridgehead atoms. The van der Waals surface area contributed by atoms with Crippen molar-refractivity contribution in [3.05, 3.63) is 17.5 Å². The molecule has 0 saturated carbocycles. The van der Waals surface area contributed by atoms with Gasteiger partial charge >= 0.3 is 0 Å². The molecule has 1 N–H and O–H groups in total. The number of nitrogens with zero attached hydrogens (tertiary/aromatic N) is 4. The zero-order valence-corrected chi connectivity index (χ0v) is 16.7. The highest BCUT2D eigenvalue weighted by molar-refractivity contribution is 5.81. The first-order chi connectivity index (χ1) is 12.6. The van der Waals surface area contributed by atoms with Gasteiger partial charge in [-0.2, -0.15) is 5.10 Å². The summed E-state index contributed by atoms with van der Waals surface area (Å²) in [6, 6.07) is 2.22. The second-order valence-electron chi connectivity index (χ2n) is 8.19. The van der Waals surface area contributed by atoms with E-state index in [0.29, 0.717) is 12.5 Å². The smallest absolute Gasteiger partial charge is 0.237 e. The maximum Gasteiger partial charge on any atom is 0.237 e. The number of hydrogen-bond donors (Lipinski definition) is 1. The van der Waals surface area contributed by atoms with Crippen LogP contribution in [-0.4, -0.2) is 57.7 Å². The number of piperidine rings is 1. The first kappa shape index (κ1) is 19.4. The zero-order valence-electron chi connectivity index (χ0n) is 16.7. The number of aromatic nitrogens is 2. The van der Waals surface area contributed by atoms with Crippen molar-refractivity contribution in [1.82, 2.24) is 24.9 Å². The molecule has 146 valence electrons. The number of fused-ring (bicyclic) bond motifs is 1. The Kier molecular flexibility index (Phi) is 6.70. The Hall–Kier alpha value is -1.40. The Balaban J connectivity index is 1.57. The van der Waals surface area contributed by atoms with Crippen LogP contribution in [-0.2, 0) is 24.4 Å². The van der Waals surface area contributed by atoms with Crippen molar-refractivity contribution in [3.63, 3.8) is 0 Å². The summed E-state index contributed by atoms with van der Waals surface area (Å²) in [5.41, 5.74) is 2.26. The topological polar surface area (TPSA) is 53.4 Å². The molecule has 0 aromatic carbocycles. The minimum atomic E-state index is 0.0377. The largest absolute Gasteiger partial charge is 0.349 e. The van der Waals surface area contributed by atoms with Crippen LogP contribution in [0.1, 0.15) is 57.8 Å². The summed E-state index contributed by atoms with van der Waals surface area (Å²) in [5, 5.41) is 7.87. The Morgan fingerprint density at radius 3 is 2.88 bits per heavy atom. The summed E-state index contributed by atoms with van der Waals surface area (Å²) in [6.07, 6.45) is 4.47. The monoisotopic (exact) mass is 361 g/mol. The predicted octanol–water partition coefficient (Wildman–Crippen LogP) is 2.24. The number of nitrogens with one attached hydrogen (secondary N) is 1. The van der Waals surface area contributed by atoms with Gasteiger partial charge < -0.3 is 5.32 Å². The van der Waals surface area contributed by atoms with Gasteiger partial charge in [-0.25, -0.2) is 0 Å². The van der Waals surface area contributed by atoms with Crippen LogP contribution in [0.4, 0.5) is 0 Å². The van der Waals surface area contributed by atoms with E-state index in [9.17, 15) is 4.79 Å². The molecule has 0 aliphatic carbocycles. The van der Waals surface area contributed by atoms with E-state index in [2.05, 4.69) is 46.6 Å². The van der Waals surface area contributed by atoms with Gasteiger partial charge in [-0.05, 0) is 44.3 Å². The molecule has 1 saturated heterocycles. The fraction of sp³-hybridized carbons (Fsp3) is 0.800. The van der Waals surface area contributed by atoms with Gasteiger partial charge in [-0.15, -0.1) is 0 Å². The fourth-order valence-electron chi connectivity index (χ4n) is 4.31. The zero-order chi connectivity index (χ0) is 18.5. The van der Waals surface area contributed by atoms with Crippen LogP contribution in [0.5, 0.6) is 0 Å². The van der Waals surface area contributed by atoms with Gasteiger partial charge in [0.25, 0.3) is 0 Å². The number of likely N-dealkylation sites (N-methyl/N-ethyl adjacent to an activating group) is 1. The molecule has 1 atom stereocenters. The third-order valence-corrected chi connectivity index (χ3v) is 5.53. The average Bonchev–Trinajstić information content (AvgIpc) is 2.91. The molecule has 6 nitrogen and oxygen atoms in total. The van der Waals surface area contributed by atoms with Crippen molar-refractivity contribution < 1.29 is 4.79 Å². The fourth-order valence-corrected chi connectivity index (χ4v) is 4.31. The molecule has 1 aromatic heterocycles. The van der Waals surface area contributed by atoms with Crippen LogP contribution in [0.15, 0.2) is 6.07 Å². The number of likely N-dealkylation sites (tertiary alicyclic amines) is 1. The van der Waals surface area contributed by atoms with Gasteiger partial charge in [-0.3, -0.25) is 19.3 Å². The molecule has 0 spiro atoms. The Morgan fingerprint density at radius 2 is 2.12 bits per heavy atom. The molecule has 2 aliphatic rings. The molecule has 3 rings (SSSR count). The van der Waals surface area contributed by atoms with E-state index in [1.165, 1.54) is 12.1 Å². The maximum atomic E-state index is 12.6. The van der Waals surface area contributed by atoms with E-state index in [1.807, 2.05) is 0 Å². The van der Waals surface area contributed by atoms with Gasteiger partial charge in [0.05, 0.1) is 24.0 Å². The van der Waals surface area contributed by atoms with Crippen molar-refractivity contribution in [2.75, 3.05) is 26.2 Å². The SMILES string of the molecule is CCN1CCCC[C@H]1C(=O)NCc1cc2n(n1)CCCN(CC(C)C)C2. The number of aryl methyl sites for hydroxylation is 1. The van der Waals surface area contributed by atoms with E-state index < -0.39 is 0 Å². The molecule has 1 fully saturated rings. The highest BCUT2D eigenvalue weighted by Crippen LogP contribution is 2.18. The normalized spacial score (nSPS) is 22.2. The van der Waals surface area contributed by atoms with Gasteiger partial charge in [0.15, 0.2) is 0 Å². The van der Waals surface area contributed by atoms with E-state index in [0.717, 1.165) is 64.2 Å². The van der Waals surface area contributed by atoms with Gasteiger partial charge in [0.2, 0.25) is 5.91 Å². The van der Waals surface area contributed by atoms with Crippen LogP contribution >= 0.6 is 0 Å². The van der Waals surface area contributed by atoms with Crippen LogP contribution in [0.2, 0.25) is 0 Å². The molecule has 26 heavy (non-hydrogen) atoms. The summed E-state index contributed by atoms with van der Waals surface area (Å²) in [7, 11) is 0. The van der Waals surface area contributed by atoms with Crippen molar-refractivity contribution in [1.29, 1.82) is 0 Å². The van der Waals surface area contributed by atoms with Gasteiger partial charge in [0.1, 0.15) is 0 Å². The lowest BCUT2D eigenvalue weighted by Crippen LogP contribution is -2.49. The lowest BCUT2D eigenvalue weighted by molar-refractivity contribution is -0.127. The summed E-state index contributed by atoms with van der Waals surface area (Å²) < 4.78 is 2.14. The van der Waals surface area contributed by atoms with E-state index in [-0.39, 0.29) is 11.9 Å². The Morgan fingerprint density at radius 1 is 1.27 bits per heavy atom. The highest BCUT2D eigenvalue weighted by atomic mass is 16.2. The number of hydrogen-bond acceptors (Lipinski definition) is 4. The van der Waals surface area contributed by atoms with Crippen LogP contribution in [0, 0.1) is 5.92 Å². The molecular weight excluding hydrogens is 326 g/mol. The summed E-state index contributed by atoms with van der Waals surface area (Å²) in [6.45, 7) is 13.4. The summed E-state index contributed by atoms with van der Waals surface area (Å²) in [5.74, 6) is 0.844. The molecule has 6 heteroatoms. The quantitative estimate of drug-likeness (QED) is 0.844. The molecule has 2 aliphatic heterocycles. The van der Waals surface area contributed by atoms with Crippen molar-refractivity contribution in [2.24, 2.45) is 5.92 Å². The lowest BCUT2D eigenvalue weighted by atomic mass is 10.0. The Bertz CT molecular complexity index is 597. The molecule has 1 aromatic rings. The number of amides is 1. The third kappa shape index (κ3) is 4.86. The Labute approximate surface area is 157 Å². The standard InChI is InChI=1S/C20H35N5O/c1-4-24-10-6-5-8-19(24)20(26)21-13-17-12-18-15-23(14-16(2)3)9-7-11-25(18)22-17/h12,16,19H,4-11,13-15H2,1-3H3,(H,21,26)/t19-/m0/s1. The molecule has 3 heterocycles. The van der Waals surface area contributed by atoms with Crippen molar-refractivity contribution in [2.45, 2.75) is 72.1 Å². The third-order valence-electron chi connectivity index (χ3n) is 5.53. The molecule has 1 amide bonds. The van der Waals surface area contributed by atoms with Gasteiger partial charge in [0, 0.05) is 26.2 Å².